The van der Waals surface area contributed by atoms with E-state index in [9.17, 15) is 0 Å². The second kappa shape index (κ2) is 5.18. The largest absolute Gasteiger partial charge is 0.0859 e. The minimum absolute atomic E-state index is 0.348. The Morgan fingerprint density at radius 3 is 2.27 bits per heavy atom. The van der Waals surface area contributed by atoms with Gasteiger partial charge in [0.15, 0.2) is 0 Å². The van der Waals surface area contributed by atoms with Gasteiger partial charge in [-0.15, -0.1) is 0 Å². The van der Waals surface area contributed by atoms with Gasteiger partial charge in [0.1, 0.15) is 0 Å². The molecule has 0 saturated heterocycles. The van der Waals surface area contributed by atoms with Crippen molar-refractivity contribution in [1.29, 1.82) is 0 Å². The average molecular weight is 221 g/mol. The summed E-state index contributed by atoms with van der Waals surface area (Å²) in [7, 11) is 0. The average Bonchev–Trinajstić information content (AvgIpc) is 1.85. The van der Waals surface area contributed by atoms with Crippen molar-refractivity contribution in [2.24, 2.45) is 5.92 Å². The molecule has 0 aliphatic heterocycles. The molecule has 0 bridgehead atoms. The molecule has 1 unspecified atom stereocenters. The van der Waals surface area contributed by atoms with Crippen LogP contribution in [0.4, 0.5) is 0 Å². The van der Waals surface area contributed by atoms with Crippen LogP contribution < -0.4 is 0 Å². The first-order valence-electron chi connectivity index (χ1n) is 4.64. The fourth-order valence-corrected chi connectivity index (χ4v) is 1.36. The normalized spacial score (nSPS) is 15.0. The topological polar surface area (TPSA) is 0 Å². The minimum atomic E-state index is 0.348. The smallest absolute Gasteiger partial charge is 0.0201 e. The van der Waals surface area contributed by atoms with Crippen molar-refractivity contribution >= 4 is 15.9 Å². The van der Waals surface area contributed by atoms with Crippen LogP contribution in [0.3, 0.4) is 0 Å². The fourth-order valence-electron chi connectivity index (χ4n) is 1.08. The first-order chi connectivity index (χ1) is 4.95. The molecule has 0 fully saturated rings. The maximum absolute atomic E-state index is 3.65. The molecule has 11 heavy (non-hydrogen) atoms. The van der Waals surface area contributed by atoms with Gasteiger partial charge in [0.25, 0.3) is 0 Å². The lowest BCUT2D eigenvalue weighted by Gasteiger charge is -2.16. The van der Waals surface area contributed by atoms with E-state index in [2.05, 4.69) is 43.6 Å². The van der Waals surface area contributed by atoms with Gasteiger partial charge >= 0.3 is 0 Å². The van der Waals surface area contributed by atoms with Crippen molar-refractivity contribution in [1.82, 2.24) is 0 Å². The van der Waals surface area contributed by atoms with E-state index in [1.54, 1.807) is 0 Å². The Hall–Kier alpha value is 0.480. The summed E-state index contributed by atoms with van der Waals surface area (Å²) >= 11 is 3.65. The lowest BCUT2D eigenvalue weighted by molar-refractivity contribution is 0.465. The van der Waals surface area contributed by atoms with E-state index in [1.807, 2.05) is 0 Å². The molecular formula is C10H21Br. The lowest BCUT2D eigenvalue weighted by Crippen LogP contribution is -2.09. The van der Waals surface area contributed by atoms with Crippen molar-refractivity contribution in [3.05, 3.63) is 0 Å². The molecule has 0 aliphatic carbocycles. The summed E-state index contributed by atoms with van der Waals surface area (Å²) in [4.78, 5) is 0. The van der Waals surface area contributed by atoms with E-state index < -0.39 is 0 Å². The third-order valence-electron chi connectivity index (χ3n) is 2.17. The summed E-state index contributed by atoms with van der Waals surface area (Å²) in [6.45, 7) is 9.08. The van der Waals surface area contributed by atoms with Crippen LogP contribution in [0.2, 0.25) is 0 Å². The Bertz CT molecular complexity index is 91.5. The maximum atomic E-state index is 3.65. The molecule has 0 rings (SSSR count). The predicted molar refractivity (Wildman–Crippen MR) is 56.3 cm³/mol. The zero-order chi connectivity index (χ0) is 8.91. The summed E-state index contributed by atoms with van der Waals surface area (Å²) in [6.07, 6.45) is 5.35. The minimum Gasteiger partial charge on any atom is -0.0859 e. The zero-order valence-corrected chi connectivity index (χ0v) is 9.87. The van der Waals surface area contributed by atoms with Gasteiger partial charge in [-0.25, -0.2) is 0 Å². The van der Waals surface area contributed by atoms with Crippen LogP contribution >= 0.6 is 15.9 Å². The second-order valence-electron chi connectivity index (χ2n) is 4.12. The van der Waals surface area contributed by atoms with Gasteiger partial charge in [-0.05, 0) is 12.3 Å². The highest BCUT2D eigenvalue weighted by Gasteiger charge is 2.11. The third kappa shape index (κ3) is 8.39. The van der Waals surface area contributed by atoms with Crippen molar-refractivity contribution in [2.45, 2.75) is 57.7 Å². The van der Waals surface area contributed by atoms with Crippen LogP contribution in [0.1, 0.15) is 53.4 Å². The lowest BCUT2D eigenvalue weighted by atomic mass is 9.98. The third-order valence-corrected chi connectivity index (χ3v) is 2.56. The van der Waals surface area contributed by atoms with Crippen LogP contribution in [-0.2, 0) is 0 Å². The van der Waals surface area contributed by atoms with E-state index in [0.717, 1.165) is 5.92 Å². The van der Waals surface area contributed by atoms with Gasteiger partial charge < -0.3 is 0 Å². The molecule has 0 aromatic heterocycles. The van der Waals surface area contributed by atoms with E-state index in [4.69, 9.17) is 0 Å². The molecule has 0 nitrogen and oxygen atoms in total. The van der Waals surface area contributed by atoms with Crippen LogP contribution in [0, 0.1) is 5.92 Å². The number of halogens is 1. The molecule has 0 amide bonds. The molecule has 1 heteroatoms. The molecule has 0 heterocycles. The first kappa shape index (κ1) is 11.5. The van der Waals surface area contributed by atoms with E-state index in [0.29, 0.717) is 4.32 Å². The molecule has 0 saturated carbocycles. The Kier molecular flexibility index (Phi) is 5.41. The zero-order valence-electron chi connectivity index (χ0n) is 8.28. The van der Waals surface area contributed by atoms with E-state index >= 15 is 0 Å². The van der Waals surface area contributed by atoms with Crippen molar-refractivity contribution in [3.8, 4) is 0 Å². The molecular weight excluding hydrogens is 200 g/mol. The Labute approximate surface area is 79.9 Å². The van der Waals surface area contributed by atoms with Gasteiger partial charge in [0, 0.05) is 4.32 Å². The summed E-state index contributed by atoms with van der Waals surface area (Å²) in [6, 6.07) is 0. The van der Waals surface area contributed by atoms with Crippen LogP contribution in [0.15, 0.2) is 0 Å². The van der Waals surface area contributed by atoms with Gasteiger partial charge in [0.05, 0.1) is 0 Å². The van der Waals surface area contributed by atoms with Crippen LogP contribution in [0.25, 0.3) is 0 Å². The monoisotopic (exact) mass is 220 g/mol. The number of alkyl halides is 1. The molecule has 0 aliphatic rings. The second-order valence-corrected chi connectivity index (χ2v) is 6.27. The summed E-state index contributed by atoms with van der Waals surface area (Å²) in [5, 5.41) is 0. The van der Waals surface area contributed by atoms with Crippen LogP contribution in [-0.4, -0.2) is 4.32 Å². The number of hydrogen-bond donors (Lipinski definition) is 0. The molecule has 0 aromatic rings. The Morgan fingerprint density at radius 1 is 1.36 bits per heavy atom. The number of rotatable bonds is 5. The molecule has 1 atom stereocenters. The van der Waals surface area contributed by atoms with Gasteiger partial charge in [-0.2, -0.15) is 0 Å². The summed E-state index contributed by atoms with van der Waals surface area (Å²) in [5.41, 5.74) is 0. The summed E-state index contributed by atoms with van der Waals surface area (Å²) in [5.74, 6) is 0.907. The number of hydrogen-bond acceptors (Lipinski definition) is 0. The van der Waals surface area contributed by atoms with E-state index in [-0.39, 0.29) is 0 Å². The fraction of sp³-hybridized carbons (Fsp3) is 1.00. The molecule has 68 valence electrons. The summed E-state index contributed by atoms with van der Waals surface area (Å²) < 4.78 is 0.348. The first-order valence-corrected chi connectivity index (χ1v) is 5.44. The molecule has 0 N–H and O–H groups in total. The highest BCUT2D eigenvalue weighted by molar-refractivity contribution is 9.10. The SMILES string of the molecule is CCC(C)CCCC(C)(C)Br. The van der Waals surface area contributed by atoms with Gasteiger partial charge in [-0.1, -0.05) is 62.9 Å². The van der Waals surface area contributed by atoms with E-state index in [1.165, 1.54) is 25.7 Å². The molecule has 0 aromatic carbocycles. The maximum Gasteiger partial charge on any atom is 0.0201 e. The van der Waals surface area contributed by atoms with Crippen molar-refractivity contribution in [2.75, 3.05) is 0 Å². The Balaban J connectivity index is 3.28. The highest BCUT2D eigenvalue weighted by Crippen LogP contribution is 2.24. The highest BCUT2D eigenvalue weighted by atomic mass is 79.9. The standard InChI is InChI=1S/C10H21Br/c1-5-9(2)7-6-8-10(3,4)11/h9H,5-8H2,1-4H3. The van der Waals surface area contributed by atoms with Crippen molar-refractivity contribution in [3.63, 3.8) is 0 Å². The molecule has 0 radical (unpaired) electrons. The van der Waals surface area contributed by atoms with Crippen molar-refractivity contribution < 1.29 is 0 Å². The van der Waals surface area contributed by atoms with Gasteiger partial charge in [0.2, 0.25) is 0 Å². The quantitative estimate of drug-likeness (QED) is 0.604. The van der Waals surface area contributed by atoms with Gasteiger partial charge in [-0.3, -0.25) is 0 Å². The Morgan fingerprint density at radius 2 is 1.91 bits per heavy atom. The van der Waals surface area contributed by atoms with Crippen LogP contribution in [0.5, 0.6) is 0 Å². The molecule has 0 spiro atoms. The predicted octanol–water partition coefficient (Wildman–Crippen LogP) is 4.38.